The van der Waals surface area contributed by atoms with Crippen LogP contribution < -0.4 is 17.0 Å². The molecule has 0 radical (unpaired) electrons. The standard InChI is InChI=1S/C19H17F2N5O2/c1-9(2)26-8-10(3-4-14(26)27)15-16(11-5-12(20)7-13(21)6-11)25-18(22)17(24-15)19(23)28/h3-9H,1-2H3,(H2,22,25)(H2,23,28). The van der Waals surface area contributed by atoms with Gasteiger partial charge in [-0.1, -0.05) is 0 Å². The minimum Gasteiger partial charge on any atom is -0.382 e. The molecule has 0 fully saturated rings. The first kappa shape index (κ1) is 19.2. The van der Waals surface area contributed by atoms with E-state index < -0.39 is 17.5 Å². The quantitative estimate of drug-likeness (QED) is 0.716. The molecule has 0 spiro atoms. The van der Waals surface area contributed by atoms with Crippen LogP contribution in [0.25, 0.3) is 22.5 Å². The van der Waals surface area contributed by atoms with Gasteiger partial charge in [0.1, 0.15) is 11.6 Å². The van der Waals surface area contributed by atoms with E-state index in [-0.39, 0.29) is 40.1 Å². The van der Waals surface area contributed by atoms with Crippen molar-refractivity contribution in [3.8, 4) is 22.5 Å². The maximum Gasteiger partial charge on any atom is 0.271 e. The Morgan fingerprint density at radius 1 is 1.04 bits per heavy atom. The molecule has 0 saturated carbocycles. The number of nitrogen functional groups attached to an aromatic ring is 1. The molecule has 0 atom stereocenters. The zero-order chi connectivity index (χ0) is 20.6. The highest BCUT2D eigenvalue weighted by molar-refractivity contribution is 5.96. The molecule has 3 rings (SSSR count). The lowest BCUT2D eigenvalue weighted by Crippen LogP contribution is -2.21. The summed E-state index contributed by atoms with van der Waals surface area (Å²) in [6, 6.07) is 5.51. The number of carbonyl (C=O) groups excluding carboxylic acids is 1. The van der Waals surface area contributed by atoms with Crippen molar-refractivity contribution in [2.45, 2.75) is 19.9 Å². The summed E-state index contributed by atoms with van der Waals surface area (Å²) < 4.78 is 28.9. The molecule has 28 heavy (non-hydrogen) atoms. The maximum absolute atomic E-state index is 13.7. The Kier molecular flexibility index (Phi) is 4.91. The maximum atomic E-state index is 13.7. The predicted molar refractivity (Wildman–Crippen MR) is 100 cm³/mol. The zero-order valence-electron chi connectivity index (χ0n) is 15.1. The van der Waals surface area contributed by atoms with E-state index in [1.807, 2.05) is 13.8 Å². The molecule has 0 aliphatic heterocycles. The van der Waals surface area contributed by atoms with Crippen molar-refractivity contribution in [3.05, 3.63) is 64.2 Å². The van der Waals surface area contributed by atoms with Gasteiger partial charge in [0.25, 0.3) is 11.5 Å². The van der Waals surface area contributed by atoms with Gasteiger partial charge in [-0.3, -0.25) is 9.59 Å². The minimum atomic E-state index is -0.902. The SMILES string of the molecule is CC(C)n1cc(-c2nc(C(N)=O)c(N)nc2-c2cc(F)cc(F)c2)ccc1=O. The van der Waals surface area contributed by atoms with Crippen LogP contribution in [-0.2, 0) is 0 Å². The Morgan fingerprint density at radius 3 is 2.21 bits per heavy atom. The van der Waals surface area contributed by atoms with E-state index in [2.05, 4.69) is 9.97 Å². The summed E-state index contributed by atoms with van der Waals surface area (Å²) in [5, 5.41) is 0. The second kappa shape index (κ2) is 7.18. The van der Waals surface area contributed by atoms with Crippen LogP contribution in [0.3, 0.4) is 0 Å². The summed E-state index contributed by atoms with van der Waals surface area (Å²) in [5.74, 6) is -2.80. The van der Waals surface area contributed by atoms with Crippen molar-refractivity contribution in [1.82, 2.24) is 14.5 Å². The number of rotatable bonds is 4. The largest absolute Gasteiger partial charge is 0.382 e. The van der Waals surface area contributed by atoms with Crippen molar-refractivity contribution in [2.24, 2.45) is 5.73 Å². The number of halogens is 2. The number of anilines is 1. The second-order valence-electron chi connectivity index (χ2n) is 6.43. The molecule has 0 aliphatic carbocycles. The highest BCUT2D eigenvalue weighted by atomic mass is 19.1. The van der Waals surface area contributed by atoms with Gasteiger partial charge in [0, 0.05) is 35.5 Å². The number of primary amides is 1. The number of amides is 1. The summed E-state index contributed by atoms with van der Waals surface area (Å²) in [6.45, 7) is 3.63. The van der Waals surface area contributed by atoms with E-state index in [4.69, 9.17) is 11.5 Å². The lowest BCUT2D eigenvalue weighted by molar-refractivity contribution is 0.0996. The molecule has 9 heteroatoms. The van der Waals surface area contributed by atoms with E-state index in [0.29, 0.717) is 5.56 Å². The summed E-state index contributed by atoms with van der Waals surface area (Å²) in [5.41, 5.74) is 11.2. The second-order valence-corrected chi connectivity index (χ2v) is 6.43. The molecule has 2 heterocycles. The molecule has 1 aromatic carbocycles. The smallest absolute Gasteiger partial charge is 0.271 e. The topological polar surface area (TPSA) is 117 Å². The Labute approximate surface area is 158 Å². The molecular weight excluding hydrogens is 368 g/mol. The fraction of sp³-hybridized carbons (Fsp3) is 0.158. The van der Waals surface area contributed by atoms with E-state index >= 15 is 0 Å². The Morgan fingerprint density at radius 2 is 1.64 bits per heavy atom. The van der Waals surface area contributed by atoms with E-state index in [1.54, 1.807) is 0 Å². The van der Waals surface area contributed by atoms with Crippen LogP contribution in [0.5, 0.6) is 0 Å². The van der Waals surface area contributed by atoms with Crippen LogP contribution in [0, 0.1) is 11.6 Å². The van der Waals surface area contributed by atoms with Crippen LogP contribution in [0.4, 0.5) is 14.6 Å². The van der Waals surface area contributed by atoms with Crippen molar-refractivity contribution in [1.29, 1.82) is 0 Å². The molecule has 144 valence electrons. The Balaban J connectivity index is 2.35. The van der Waals surface area contributed by atoms with Gasteiger partial charge in [0.05, 0.1) is 11.4 Å². The fourth-order valence-corrected chi connectivity index (χ4v) is 2.77. The first-order valence-corrected chi connectivity index (χ1v) is 8.33. The number of hydrogen-bond acceptors (Lipinski definition) is 5. The van der Waals surface area contributed by atoms with E-state index in [1.165, 1.54) is 22.9 Å². The predicted octanol–water partition coefficient (Wildman–Crippen LogP) is 2.51. The molecular formula is C19H17F2N5O2. The third kappa shape index (κ3) is 3.59. The normalized spacial score (nSPS) is 11.0. The number of benzene rings is 1. The summed E-state index contributed by atoms with van der Waals surface area (Å²) in [6.07, 6.45) is 1.52. The molecule has 2 aromatic heterocycles. The monoisotopic (exact) mass is 385 g/mol. The van der Waals surface area contributed by atoms with Crippen LogP contribution in [-0.4, -0.2) is 20.4 Å². The number of aromatic nitrogens is 3. The van der Waals surface area contributed by atoms with Crippen LogP contribution in [0.2, 0.25) is 0 Å². The van der Waals surface area contributed by atoms with Crippen LogP contribution >= 0.6 is 0 Å². The number of carbonyl (C=O) groups is 1. The van der Waals surface area contributed by atoms with Gasteiger partial charge in [-0.15, -0.1) is 0 Å². The molecule has 3 aromatic rings. The van der Waals surface area contributed by atoms with Crippen molar-refractivity contribution >= 4 is 11.7 Å². The van der Waals surface area contributed by atoms with Gasteiger partial charge in [-0.05, 0) is 32.0 Å². The summed E-state index contributed by atoms with van der Waals surface area (Å²) >= 11 is 0. The number of hydrogen-bond donors (Lipinski definition) is 2. The lowest BCUT2D eigenvalue weighted by Gasteiger charge is -2.15. The average Bonchev–Trinajstić information content (AvgIpc) is 2.60. The minimum absolute atomic E-state index is 0.0508. The van der Waals surface area contributed by atoms with Gasteiger partial charge in [0.2, 0.25) is 0 Å². The van der Waals surface area contributed by atoms with E-state index in [0.717, 1.165) is 18.2 Å². The first-order chi connectivity index (χ1) is 13.2. The first-order valence-electron chi connectivity index (χ1n) is 8.33. The van der Waals surface area contributed by atoms with Crippen LogP contribution in [0.1, 0.15) is 30.4 Å². The van der Waals surface area contributed by atoms with Crippen LogP contribution in [0.15, 0.2) is 41.3 Å². The average molecular weight is 385 g/mol. The van der Waals surface area contributed by atoms with Crippen molar-refractivity contribution in [2.75, 3.05) is 5.73 Å². The summed E-state index contributed by atoms with van der Waals surface area (Å²) in [4.78, 5) is 32.0. The molecule has 0 aliphatic rings. The lowest BCUT2D eigenvalue weighted by atomic mass is 10.0. The molecule has 0 bridgehead atoms. The third-order valence-corrected chi connectivity index (χ3v) is 4.06. The van der Waals surface area contributed by atoms with Gasteiger partial charge >= 0.3 is 0 Å². The Bertz CT molecular complexity index is 1120. The third-order valence-electron chi connectivity index (χ3n) is 4.06. The van der Waals surface area contributed by atoms with Crippen molar-refractivity contribution in [3.63, 3.8) is 0 Å². The molecule has 7 nitrogen and oxygen atoms in total. The number of nitrogens with zero attached hydrogens (tertiary/aromatic N) is 3. The molecule has 4 N–H and O–H groups in total. The fourth-order valence-electron chi connectivity index (χ4n) is 2.77. The van der Waals surface area contributed by atoms with Gasteiger partial charge < -0.3 is 16.0 Å². The molecule has 0 unspecified atom stereocenters. The molecule has 1 amide bonds. The number of pyridine rings is 1. The van der Waals surface area contributed by atoms with Crippen molar-refractivity contribution < 1.29 is 13.6 Å². The Hall–Kier alpha value is -3.62. The number of nitrogens with two attached hydrogens (primary N) is 2. The highest BCUT2D eigenvalue weighted by Gasteiger charge is 2.20. The van der Waals surface area contributed by atoms with E-state index in [9.17, 15) is 18.4 Å². The zero-order valence-corrected chi connectivity index (χ0v) is 15.1. The summed E-state index contributed by atoms with van der Waals surface area (Å²) in [7, 11) is 0. The van der Waals surface area contributed by atoms with Gasteiger partial charge in [-0.25, -0.2) is 18.7 Å². The molecule has 0 saturated heterocycles. The van der Waals surface area contributed by atoms with Gasteiger partial charge in [0.15, 0.2) is 11.5 Å². The highest BCUT2D eigenvalue weighted by Crippen LogP contribution is 2.31. The van der Waals surface area contributed by atoms with Gasteiger partial charge in [-0.2, -0.15) is 0 Å².